The molecule has 4 rings (SSSR count). The van der Waals surface area contributed by atoms with Gasteiger partial charge in [-0.25, -0.2) is 13.1 Å². The van der Waals surface area contributed by atoms with Crippen molar-refractivity contribution in [2.24, 2.45) is 0 Å². The Morgan fingerprint density at radius 1 is 1.07 bits per heavy atom. The third kappa shape index (κ3) is 3.84. The molecule has 4 aromatic rings. The Bertz CT molecular complexity index is 1240. The summed E-state index contributed by atoms with van der Waals surface area (Å²) >= 11 is 0. The van der Waals surface area contributed by atoms with Gasteiger partial charge in [-0.2, -0.15) is 10.1 Å². The van der Waals surface area contributed by atoms with Gasteiger partial charge in [0, 0.05) is 11.8 Å². The number of para-hydroxylation sites is 1. The van der Waals surface area contributed by atoms with Crippen LogP contribution >= 0.6 is 0 Å². The Hall–Kier alpha value is -3.26. The van der Waals surface area contributed by atoms with E-state index in [9.17, 15) is 8.42 Å². The normalized spacial score (nSPS) is 11.7. The minimum Gasteiger partial charge on any atom is -0.333 e. The summed E-state index contributed by atoms with van der Waals surface area (Å²) < 4.78 is 31.0. The minimum absolute atomic E-state index is 0.213. The second kappa shape index (κ2) is 7.63. The molecular weight excluding hydrogens is 388 g/mol. The molecule has 2 aromatic carbocycles. The van der Waals surface area contributed by atoms with Crippen molar-refractivity contribution < 1.29 is 12.9 Å². The Labute approximate surface area is 168 Å². The van der Waals surface area contributed by atoms with Crippen molar-refractivity contribution in [2.45, 2.75) is 24.7 Å². The average molecular weight is 408 g/mol. The molecule has 0 amide bonds. The number of aromatic nitrogens is 4. The number of hydrogen-bond donors (Lipinski definition) is 0. The van der Waals surface area contributed by atoms with E-state index in [1.807, 2.05) is 35.0 Å². The van der Waals surface area contributed by atoms with Crippen LogP contribution in [0.1, 0.15) is 19.0 Å². The molecule has 0 spiro atoms. The van der Waals surface area contributed by atoms with Gasteiger partial charge >= 0.3 is 0 Å². The second-order valence-electron chi connectivity index (χ2n) is 6.73. The zero-order chi connectivity index (χ0) is 20.4. The van der Waals surface area contributed by atoms with E-state index in [1.54, 1.807) is 30.5 Å². The van der Waals surface area contributed by atoms with Gasteiger partial charge in [-0.1, -0.05) is 48.8 Å². The number of nitrogens with zero attached hydrogens (tertiary/aromatic N) is 4. The third-order valence-electron chi connectivity index (χ3n) is 4.53. The number of benzene rings is 2. The summed E-state index contributed by atoms with van der Waals surface area (Å²) in [6.07, 6.45) is 4.62. The zero-order valence-electron chi connectivity index (χ0n) is 16.1. The highest BCUT2D eigenvalue weighted by Crippen LogP contribution is 2.28. The second-order valence-corrected chi connectivity index (χ2v) is 8.74. The zero-order valence-corrected chi connectivity index (χ0v) is 16.9. The van der Waals surface area contributed by atoms with E-state index in [2.05, 4.69) is 22.2 Å². The Morgan fingerprint density at radius 3 is 2.59 bits per heavy atom. The molecule has 0 aliphatic rings. The molecule has 0 saturated carbocycles. The van der Waals surface area contributed by atoms with Gasteiger partial charge in [-0.05, 0) is 30.7 Å². The lowest BCUT2D eigenvalue weighted by Crippen LogP contribution is -2.02. The van der Waals surface area contributed by atoms with Gasteiger partial charge in [0.2, 0.25) is 5.82 Å². The van der Waals surface area contributed by atoms with Gasteiger partial charge in [0.05, 0.1) is 28.0 Å². The predicted octanol–water partition coefficient (Wildman–Crippen LogP) is 3.95. The smallest absolute Gasteiger partial charge is 0.261 e. The molecule has 0 aliphatic carbocycles. The van der Waals surface area contributed by atoms with Crippen LogP contribution in [0.15, 0.2) is 70.2 Å². The first-order valence-electron chi connectivity index (χ1n) is 9.24. The first kappa shape index (κ1) is 19.1. The fraction of sp³-hybridized carbons (Fsp3) is 0.190. The van der Waals surface area contributed by atoms with Crippen LogP contribution in [-0.2, 0) is 16.3 Å². The molecule has 0 saturated heterocycles. The maximum absolute atomic E-state index is 11.8. The molecule has 0 aliphatic heterocycles. The minimum atomic E-state index is -3.32. The van der Waals surface area contributed by atoms with Crippen LogP contribution in [0, 0.1) is 0 Å². The van der Waals surface area contributed by atoms with Crippen LogP contribution in [-0.4, -0.2) is 34.6 Å². The predicted molar refractivity (Wildman–Crippen MR) is 109 cm³/mol. The third-order valence-corrected chi connectivity index (χ3v) is 5.64. The summed E-state index contributed by atoms with van der Waals surface area (Å²) in [5, 5.41) is 8.57. The van der Waals surface area contributed by atoms with Gasteiger partial charge in [-0.3, -0.25) is 0 Å². The summed E-state index contributed by atoms with van der Waals surface area (Å²) in [5.74, 6) is 0.691. The van der Waals surface area contributed by atoms with Gasteiger partial charge in [0.25, 0.3) is 5.89 Å². The van der Waals surface area contributed by atoms with Gasteiger partial charge in [-0.15, -0.1) is 0 Å². The van der Waals surface area contributed by atoms with Crippen LogP contribution in [0.25, 0.3) is 28.5 Å². The highest BCUT2D eigenvalue weighted by molar-refractivity contribution is 7.90. The van der Waals surface area contributed by atoms with Crippen molar-refractivity contribution >= 4 is 9.84 Å². The highest BCUT2D eigenvalue weighted by atomic mass is 32.2. The standard InChI is InChI=1S/C21H20N4O3S/c1-3-8-19-18(14-22-25(19)16-10-5-4-6-11-16)21-23-20(24-28-21)15-9-7-12-17(13-15)29(2,26)27/h4-7,9-14H,3,8H2,1-2H3. The highest BCUT2D eigenvalue weighted by Gasteiger charge is 2.20. The van der Waals surface area contributed by atoms with E-state index in [1.165, 1.54) is 6.26 Å². The van der Waals surface area contributed by atoms with E-state index in [0.717, 1.165) is 29.8 Å². The summed E-state index contributed by atoms with van der Waals surface area (Å²) in [5.41, 5.74) is 3.30. The van der Waals surface area contributed by atoms with E-state index >= 15 is 0 Å². The SMILES string of the molecule is CCCc1c(-c2nc(-c3cccc(S(C)(=O)=O)c3)no2)cnn1-c1ccccc1. The molecule has 8 heteroatoms. The van der Waals surface area contributed by atoms with Gasteiger partial charge in [0.15, 0.2) is 9.84 Å². The molecule has 148 valence electrons. The molecule has 2 heterocycles. The first-order chi connectivity index (χ1) is 14.0. The van der Waals surface area contributed by atoms with Crippen LogP contribution in [0.3, 0.4) is 0 Å². The maximum atomic E-state index is 11.8. The average Bonchev–Trinajstić information content (AvgIpc) is 3.36. The quantitative estimate of drug-likeness (QED) is 0.480. The summed E-state index contributed by atoms with van der Waals surface area (Å²) in [6.45, 7) is 2.10. The summed E-state index contributed by atoms with van der Waals surface area (Å²) in [4.78, 5) is 4.71. The van der Waals surface area contributed by atoms with Crippen molar-refractivity contribution in [3.63, 3.8) is 0 Å². The molecule has 2 aromatic heterocycles. The monoisotopic (exact) mass is 408 g/mol. The molecule has 0 bridgehead atoms. The fourth-order valence-electron chi connectivity index (χ4n) is 3.14. The molecule has 0 N–H and O–H groups in total. The fourth-order valence-corrected chi connectivity index (χ4v) is 3.80. The molecule has 29 heavy (non-hydrogen) atoms. The van der Waals surface area contributed by atoms with Crippen LogP contribution in [0.5, 0.6) is 0 Å². The molecular formula is C21H20N4O3S. The summed E-state index contributed by atoms with van der Waals surface area (Å²) in [7, 11) is -3.32. The number of hydrogen-bond acceptors (Lipinski definition) is 6. The largest absolute Gasteiger partial charge is 0.333 e. The van der Waals surface area contributed by atoms with Crippen LogP contribution in [0.2, 0.25) is 0 Å². The first-order valence-corrected chi connectivity index (χ1v) is 11.1. The van der Waals surface area contributed by atoms with E-state index in [4.69, 9.17) is 4.52 Å². The lowest BCUT2D eigenvalue weighted by molar-refractivity contribution is 0.432. The van der Waals surface area contributed by atoms with E-state index < -0.39 is 9.84 Å². The lowest BCUT2D eigenvalue weighted by Gasteiger charge is -2.07. The van der Waals surface area contributed by atoms with Crippen molar-refractivity contribution in [1.82, 2.24) is 19.9 Å². The molecule has 0 fully saturated rings. The molecule has 0 radical (unpaired) electrons. The van der Waals surface area contributed by atoms with Crippen LogP contribution in [0.4, 0.5) is 0 Å². The maximum Gasteiger partial charge on any atom is 0.261 e. The molecule has 0 atom stereocenters. The van der Waals surface area contributed by atoms with Crippen LogP contribution < -0.4 is 0 Å². The van der Waals surface area contributed by atoms with Crippen molar-refractivity contribution in [3.05, 3.63) is 66.5 Å². The Kier molecular flexibility index (Phi) is 5.02. The lowest BCUT2D eigenvalue weighted by atomic mass is 10.1. The van der Waals surface area contributed by atoms with Gasteiger partial charge in [0.1, 0.15) is 0 Å². The van der Waals surface area contributed by atoms with Crippen molar-refractivity contribution in [2.75, 3.05) is 6.26 Å². The van der Waals surface area contributed by atoms with Crippen molar-refractivity contribution in [1.29, 1.82) is 0 Å². The number of rotatable bonds is 6. The van der Waals surface area contributed by atoms with E-state index in [0.29, 0.717) is 17.3 Å². The van der Waals surface area contributed by atoms with Crippen molar-refractivity contribution in [3.8, 4) is 28.5 Å². The molecule has 7 nitrogen and oxygen atoms in total. The number of sulfone groups is 1. The Balaban J connectivity index is 1.75. The summed E-state index contributed by atoms with van der Waals surface area (Å²) in [6, 6.07) is 16.4. The topological polar surface area (TPSA) is 90.9 Å². The Morgan fingerprint density at radius 2 is 1.86 bits per heavy atom. The van der Waals surface area contributed by atoms with Gasteiger partial charge < -0.3 is 4.52 Å². The molecule has 0 unspecified atom stereocenters. The van der Waals surface area contributed by atoms with E-state index in [-0.39, 0.29) is 4.90 Å².